The molecule has 1 aromatic heterocycles. The van der Waals surface area contributed by atoms with E-state index in [9.17, 15) is 0 Å². The molecule has 0 aliphatic heterocycles. The van der Waals surface area contributed by atoms with Crippen molar-refractivity contribution in [2.24, 2.45) is 0 Å². The third kappa shape index (κ3) is 1.51. The molecule has 1 heterocycles. The monoisotopic (exact) mass is 176 g/mol. The van der Waals surface area contributed by atoms with Crippen LogP contribution in [0.25, 0.3) is 10.9 Å². The van der Waals surface area contributed by atoms with E-state index in [0.717, 1.165) is 11.3 Å². The summed E-state index contributed by atoms with van der Waals surface area (Å²) in [6.07, 6.45) is 1.91. The molecule has 13 heavy (non-hydrogen) atoms. The van der Waals surface area contributed by atoms with Crippen LogP contribution in [0.1, 0.15) is 0 Å². The number of nitrogens with one attached hydrogen (secondary N) is 2. The van der Waals surface area contributed by atoms with Crippen LogP contribution in [0.3, 0.4) is 0 Å². The van der Waals surface area contributed by atoms with E-state index in [1.165, 1.54) is 5.39 Å². The number of hydrogen-bond donors (Lipinski definition) is 2. The van der Waals surface area contributed by atoms with Gasteiger partial charge in [0.05, 0.1) is 5.52 Å². The van der Waals surface area contributed by atoms with E-state index in [2.05, 4.69) is 16.4 Å². The Labute approximate surface area is 76.7 Å². The normalized spacial score (nSPS) is 10.5. The van der Waals surface area contributed by atoms with Gasteiger partial charge in [0.2, 0.25) is 0 Å². The van der Waals surface area contributed by atoms with Crippen LogP contribution in [0.2, 0.25) is 0 Å². The molecule has 0 saturated heterocycles. The van der Waals surface area contributed by atoms with Gasteiger partial charge in [-0.25, -0.2) is 0 Å². The quantitative estimate of drug-likeness (QED) is 0.699. The molecule has 68 valence electrons. The Morgan fingerprint density at radius 2 is 2.31 bits per heavy atom. The Morgan fingerprint density at radius 3 is 3.15 bits per heavy atom. The van der Waals surface area contributed by atoms with E-state index in [1.54, 1.807) is 0 Å². The summed E-state index contributed by atoms with van der Waals surface area (Å²) >= 11 is 0. The van der Waals surface area contributed by atoms with Crippen molar-refractivity contribution in [3.63, 3.8) is 0 Å². The van der Waals surface area contributed by atoms with Crippen LogP contribution >= 0.6 is 0 Å². The molecule has 2 rings (SSSR count). The van der Waals surface area contributed by atoms with Crippen LogP contribution in [0.4, 0.5) is 0 Å². The summed E-state index contributed by atoms with van der Waals surface area (Å²) < 4.78 is 5.48. The number of para-hydroxylation sites is 1. The van der Waals surface area contributed by atoms with Crippen LogP contribution < -0.4 is 10.1 Å². The minimum atomic E-state index is 0.526. The predicted octanol–water partition coefficient (Wildman–Crippen LogP) is 1.72. The first kappa shape index (κ1) is 8.13. The Bertz CT molecular complexity index is 394. The lowest BCUT2D eigenvalue weighted by atomic mass is 10.2. The van der Waals surface area contributed by atoms with E-state index < -0.39 is 0 Å². The first-order valence-electron chi connectivity index (χ1n) is 4.25. The van der Waals surface area contributed by atoms with E-state index >= 15 is 0 Å². The highest BCUT2D eigenvalue weighted by molar-refractivity contribution is 5.84. The topological polar surface area (TPSA) is 37.0 Å². The number of benzene rings is 1. The lowest BCUT2D eigenvalue weighted by Gasteiger charge is -2.05. The second-order valence-corrected chi connectivity index (χ2v) is 2.84. The smallest absolute Gasteiger partial charge is 0.145 e. The maximum Gasteiger partial charge on any atom is 0.145 e. The Hall–Kier alpha value is -1.48. The van der Waals surface area contributed by atoms with Gasteiger partial charge in [0.25, 0.3) is 0 Å². The highest BCUT2D eigenvalue weighted by atomic mass is 16.5. The number of hydrogen-bond acceptors (Lipinski definition) is 2. The molecule has 1 aromatic carbocycles. The maximum atomic E-state index is 5.48. The zero-order valence-electron chi connectivity index (χ0n) is 7.50. The average molecular weight is 176 g/mol. The maximum absolute atomic E-state index is 5.48. The molecule has 0 amide bonds. The van der Waals surface area contributed by atoms with Crippen molar-refractivity contribution in [3.05, 3.63) is 30.5 Å². The molecule has 2 N–H and O–H groups in total. The molecule has 0 atom stereocenters. The number of ether oxygens (including phenoxy) is 1. The lowest BCUT2D eigenvalue weighted by Crippen LogP contribution is -2.14. The number of H-pyrrole nitrogens is 1. The van der Waals surface area contributed by atoms with E-state index in [-0.39, 0.29) is 0 Å². The Balaban J connectivity index is 2.37. The second kappa shape index (κ2) is 3.49. The number of aromatic nitrogens is 1. The van der Waals surface area contributed by atoms with E-state index in [1.807, 2.05) is 31.4 Å². The zero-order valence-corrected chi connectivity index (χ0v) is 7.50. The molecule has 0 bridgehead atoms. The van der Waals surface area contributed by atoms with Gasteiger partial charge in [-0.05, 0) is 19.2 Å². The fourth-order valence-electron chi connectivity index (χ4n) is 1.33. The molecular weight excluding hydrogens is 164 g/mol. The van der Waals surface area contributed by atoms with Crippen molar-refractivity contribution < 1.29 is 4.74 Å². The fraction of sp³-hybridized carbons (Fsp3) is 0.200. The predicted molar refractivity (Wildman–Crippen MR) is 52.9 cm³/mol. The summed E-state index contributed by atoms with van der Waals surface area (Å²) in [5, 5.41) is 4.11. The van der Waals surface area contributed by atoms with Crippen LogP contribution in [0.15, 0.2) is 30.5 Å². The standard InChI is InChI=1S/C10H12N2O/c1-11-7-13-9-4-2-3-8-5-6-12-10(8)9/h2-6,11-12H,7H2,1H3. The van der Waals surface area contributed by atoms with Gasteiger partial charge < -0.3 is 9.72 Å². The van der Waals surface area contributed by atoms with Crippen LogP contribution in [-0.2, 0) is 0 Å². The average Bonchev–Trinajstić information content (AvgIpc) is 2.62. The summed E-state index contributed by atoms with van der Waals surface area (Å²) in [5.41, 5.74) is 1.05. The van der Waals surface area contributed by atoms with Gasteiger partial charge in [-0.2, -0.15) is 0 Å². The van der Waals surface area contributed by atoms with Crippen molar-refractivity contribution in [1.82, 2.24) is 10.3 Å². The molecule has 0 saturated carbocycles. The number of rotatable bonds is 3. The molecule has 3 heteroatoms. The summed E-state index contributed by atoms with van der Waals surface area (Å²) in [4.78, 5) is 3.14. The Kier molecular flexibility index (Phi) is 2.19. The summed E-state index contributed by atoms with van der Waals surface area (Å²) in [7, 11) is 1.86. The van der Waals surface area contributed by atoms with Crippen molar-refractivity contribution in [3.8, 4) is 5.75 Å². The molecule has 0 fully saturated rings. The number of aromatic amines is 1. The van der Waals surface area contributed by atoms with Crippen molar-refractivity contribution >= 4 is 10.9 Å². The fourth-order valence-corrected chi connectivity index (χ4v) is 1.33. The van der Waals surface area contributed by atoms with E-state index in [4.69, 9.17) is 4.74 Å². The molecule has 0 aliphatic carbocycles. The lowest BCUT2D eigenvalue weighted by molar-refractivity contribution is 0.299. The van der Waals surface area contributed by atoms with Crippen molar-refractivity contribution in [1.29, 1.82) is 0 Å². The van der Waals surface area contributed by atoms with Gasteiger partial charge >= 0.3 is 0 Å². The Morgan fingerprint density at radius 1 is 1.38 bits per heavy atom. The van der Waals surface area contributed by atoms with Gasteiger partial charge in [-0.15, -0.1) is 0 Å². The summed E-state index contributed by atoms with van der Waals surface area (Å²) in [5.74, 6) is 0.886. The second-order valence-electron chi connectivity index (χ2n) is 2.84. The van der Waals surface area contributed by atoms with Gasteiger partial charge in [0.1, 0.15) is 12.5 Å². The minimum Gasteiger partial charge on any atom is -0.476 e. The molecule has 0 aliphatic rings. The zero-order chi connectivity index (χ0) is 9.10. The molecule has 2 aromatic rings. The third-order valence-electron chi connectivity index (χ3n) is 1.92. The molecule has 0 spiro atoms. The first-order valence-corrected chi connectivity index (χ1v) is 4.25. The van der Waals surface area contributed by atoms with Crippen LogP contribution in [-0.4, -0.2) is 18.8 Å². The largest absolute Gasteiger partial charge is 0.476 e. The molecule has 3 nitrogen and oxygen atoms in total. The van der Waals surface area contributed by atoms with Gasteiger partial charge in [-0.1, -0.05) is 12.1 Å². The van der Waals surface area contributed by atoms with Gasteiger partial charge in [-0.3, -0.25) is 5.32 Å². The van der Waals surface area contributed by atoms with Gasteiger partial charge in [0, 0.05) is 11.6 Å². The molecule has 0 radical (unpaired) electrons. The highest BCUT2D eigenvalue weighted by Gasteiger charge is 2.00. The summed E-state index contributed by atoms with van der Waals surface area (Å²) in [6.45, 7) is 0.526. The molecule has 0 unspecified atom stereocenters. The van der Waals surface area contributed by atoms with Crippen LogP contribution in [0, 0.1) is 0 Å². The van der Waals surface area contributed by atoms with Crippen LogP contribution in [0.5, 0.6) is 5.75 Å². The minimum absolute atomic E-state index is 0.526. The first-order chi connectivity index (χ1) is 6.42. The highest BCUT2D eigenvalue weighted by Crippen LogP contribution is 2.23. The SMILES string of the molecule is CNCOc1cccc2cc[nH]c12. The third-order valence-corrected chi connectivity index (χ3v) is 1.92. The molecular formula is C10H12N2O. The van der Waals surface area contributed by atoms with Gasteiger partial charge in [0.15, 0.2) is 0 Å². The van der Waals surface area contributed by atoms with E-state index in [0.29, 0.717) is 6.73 Å². The van der Waals surface area contributed by atoms with Crippen molar-refractivity contribution in [2.45, 2.75) is 0 Å². The number of fused-ring (bicyclic) bond motifs is 1. The summed E-state index contributed by atoms with van der Waals surface area (Å²) in [6, 6.07) is 8.02. The van der Waals surface area contributed by atoms with Crippen molar-refractivity contribution in [2.75, 3.05) is 13.8 Å².